The minimum Gasteiger partial charge on any atom is -0.497 e. The number of para-hydroxylation sites is 1. The normalized spacial score (nSPS) is 10.2. The number of ether oxygens (including phenoxy) is 2. The summed E-state index contributed by atoms with van der Waals surface area (Å²) >= 11 is 0. The maximum absolute atomic E-state index is 12.0. The number of benzene rings is 3. The van der Waals surface area contributed by atoms with E-state index >= 15 is 0 Å². The number of carbonyl (C=O) groups is 2. The van der Waals surface area contributed by atoms with Crippen LogP contribution in [0.2, 0.25) is 0 Å². The second-order valence-electron chi connectivity index (χ2n) is 6.60. The fourth-order valence-corrected chi connectivity index (χ4v) is 2.88. The van der Waals surface area contributed by atoms with Gasteiger partial charge >= 0.3 is 0 Å². The van der Waals surface area contributed by atoms with E-state index in [2.05, 4.69) is 10.9 Å². The molecule has 0 aliphatic heterocycles. The monoisotopic (exact) mass is 404 g/mol. The van der Waals surface area contributed by atoms with Crippen molar-refractivity contribution in [3.8, 4) is 22.6 Å². The number of methoxy groups -OCH3 is 1. The summed E-state index contributed by atoms with van der Waals surface area (Å²) < 4.78 is 10.8. The molecule has 0 bridgehead atoms. The minimum atomic E-state index is -0.435. The van der Waals surface area contributed by atoms with Crippen molar-refractivity contribution in [3.05, 3.63) is 84.4 Å². The van der Waals surface area contributed by atoms with Crippen LogP contribution in [0, 0.1) is 0 Å². The number of amides is 2. The first-order valence-corrected chi connectivity index (χ1v) is 9.63. The van der Waals surface area contributed by atoms with Crippen molar-refractivity contribution in [3.63, 3.8) is 0 Å². The molecule has 3 aromatic carbocycles. The average molecular weight is 404 g/mol. The summed E-state index contributed by atoms with van der Waals surface area (Å²) in [5.41, 5.74) is 7.71. The lowest BCUT2D eigenvalue weighted by atomic mass is 10.1. The zero-order valence-electron chi connectivity index (χ0n) is 16.8. The van der Waals surface area contributed by atoms with Gasteiger partial charge in [0.05, 0.1) is 7.11 Å². The number of carbonyl (C=O) groups excluding carboxylic acids is 2. The molecular weight excluding hydrogens is 380 g/mol. The maximum Gasteiger partial charge on any atom is 0.276 e. The van der Waals surface area contributed by atoms with Gasteiger partial charge in [0, 0.05) is 12.0 Å². The summed E-state index contributed by atoms with van der Waals surface area (Å²) in [5, 5.41) is 0. The van der Waals surface area contributed by atoms with E-state index < -0.39 is 5.91 Å². The molecule has 3 aromatic rings. The largest absolute Gasteiger partial charge is 0.497 e. The zero-order chi connectivity index (χ0) is 21.2. The van der Waals surface area contributed by atoms with Gasteiger partial charge in [-0.15, -0.1) is 0 Å². The lowest BCUT2D eigenvalue weighted by Gasteiger charge is -2.12. The Kier molecular flexibility index (Phi) is 7.44. The Balaban J connectivity index is 1.43. The van der Waals surface area contributed by atoms with Crippen molar-refractivity contribution >= 4 is 11.8 Å². The number of hydrogen-bond donors (Lipinski definition) is 2. The van der Waals surface area contributed by atoms with Gasteiger partial charge in [0.15, 0.2) is 6.61 Å². The summed E-state index contributed by atoms with van der Waals surface area (Å²) in [6, 6.07) is 24.8. The topological polar surface area (TPSA) is 76.7 Å². The first-order valence-electron chi connectivity index (χ1n) is 9.63. The smallest absolute Gasteiger partial charge is 0.276 e. The van der Waals surface area contributed by atoms with Gasteiger partial charge in [0.2, 0.25) is 5.91 Å². The van der Waals surface area contributed by atoms with Crippen LogP contribution in [0.3, 0.4) is 0 Å². The van der Waals surface area contributed by atoms with Crippen LogP contribution in [0.25, 0.3) is 11.1 Å². The third-order valence-electron chi connectivity index (χ3n) is 4.47. The van der Waals surface area contributed by atoms with E-state index in [-0.39, 0.29) is 18.9 Å². The van der Waals surface area contributed by atoms with Crippen LogP contribution < -0.4 is 20.3 Å². The molecule has 0 unspecified atom stereocenters. The summed E-state index contributed by atoms with van der Waals surface area (Å²) in [7, 11) is 1.61. The molecular formula is C24H24N2O4. The van der Waals surface area contributed by atoms with Gasteiger partial charge in [-0.2, -0.15) is 0 Å². The summed E-state index contributed by atoms with van der Waals surface area (Å²) in [6.07, 6.45) is 0.816. The summed E-state index contributed by atoms with van der Waals surface area (Å²) in [5.74, 6) is 0.661. The molecule has 2 amide bonds. The molecule has 2 N–H and O–H groups in total. The average Bonchev–Trinajstić information content (AvgIpc) is 2.81. The fraction of sp³-hybridized carbons (Fsp3) is 0.167. The molecule has 30 heavy (non-hydrogen) atoms. The predicted molar refractivity (Wildman–Crippen MR) is 115 cm³/mol. The Morgan fingerprint density at radius 1 is 0.800 bits per heavy atom. The Labute approximate surface area is 175 Å². The van der Waals surface area contributed by atoms with Crippen LogP contribution in [-0.2, 0) is 16.0 Å². The van der Waals surface area contributed by atoms with E-state index in [0.29, 0.717) is 12.2 Å². The zero-order valence-corrected chi connectivity index (χ0v) is 16.8. The fourth-order valence-electron chi connectivity index (χ4n) is 2.88. The molecule has 0 fully saturated rings. The first kappa shape index (κ1) is 20.9. The van der Waals surface area contributed by atoms with E-state index in [0.717, 1.165) is 22.4 Å². The van der Waals surface area contributed by atoms with E-state index in [1.165, 1.54) is 0 Å². The second-order valence-corrected chi connectivity index (χ2v) is 6.60. The van der Waals surface area contributed by atoms with Crippen molar-refractivity contribution in [2.24, 2.45) is 0 Å². The molecule has 0 aliphatic rings. The van der Waals surface area contributed by atoms with E-state index in [9.17, 15) is 9.59 Å². The number of nitrogens with one attached hydrogen (secondary N) is 2. The lowest BCUT2D eigenvalue weighted by molar-refractivity contribution is -0.130. The van der Waals surface area contributed by atoms with Crippen LogP contribution in [-0.4, -0.2) is 25.5 Å². The first-order chi connectivity index (χ1) is 14.7. The standard InChI is InChI=1S/C24H24N2O4/c1-29-20-14-11-18(12-15-20)13-16-23(27)25-26-24(28)17-30-22-10-6-5-9-21(22)19-7-3-2-4-8-19/h2-12,14-15H,13,16-17H2,1H3,(H,25,27)(H,26,28). The van der Waals surface area contributed by atoms with Gasteiger partial charge in [0.1, 0.15) is 11.5 Å². The number of aryl methyl sites for hydroxylation is 1. The third-order valence-corrected chi connectivity index (χ3v) is 4.47. The van der Waals surface area contributed by atoms with Gasteiger partial charge in [-0.1, -0.05) is 60.7 Å². The van der Waals surface area contributed by atoms with E-state index in [1.54, 1.807) is 7.11 Å². The quantitative estimate of drug-likeness (QED) is 0.563. The molecule has 0 aromatic heterocycles. The van der Waals surface area contributed by atoms with Crippen LogP contribution in [0.1, 0.15) is 12.0 Å². The van der Waals surface area contributed by atoms with Crippen LogP contribution in [0.15, 0.2) is 78.9 Å². The Morgan fingerprint density at radius 3 is 2.20 bits per heavy atom. The van der Waals surface area contributed by atoms with Gasteiger partial charge in [-0.05, 0) is 35.7 Å². The highest BCUT2D eigenvalue weighted by Gasteiger charge is 2.09. The minimum absolute atomic E-state index is 0.206. The van der Waals surface area contributed by atoms with Crippen molar-refractivity contribution in [1.82, 2.24) is 10.9 Å². The van der Waals surface area contributed by atoms with E-state index in [1.807, 2.05) is 78.9 Å². The van der Waals surface area contributed by atoms with Crippen molar-refractivity contribution < 1.29 is 19.1 Å². The van der Waals surface area contributed by atoms with Crippen LogP contribution in [0.4, 0.5) is 0 Å². The highest BCUT2D eigenvalue weighted by molar-refractivity contribution is 5.83. The van der Waals surface area contributed by atoms with Crippen LogP contribution >= 0.6 is 0 Å². The molecule has 0 saturated carbocycles. The molecule has 6 nitrogen and oxygen atoms in total. The van der Waals surface area contributed by atoms with Gasteiger partial charge in [-0.3, -0.25) is 20.4 Å². The molecule has 154 valence electrons. The number of rotatable bonds is 8. The highest BCUT2D eigenvalue weighted by Crippen LogP contribution is 2.29. The third kappa shape index (κ3) is 6.10. The summed E-state index contributed by atoms with van der Waals surface area (Å²) in [6.45, 7) is -0.206. The molecule has 0 saturated heterocycles. The van der Waals surface area contributed by atoms with Crippen molar-refractivity contribution in [2.75, 3.05) is 13.7 Å². The SMILES string of the molecule is COc1ccc(CCC(=O)NNC(=O)COc2ccccc2-c2ccccc2)cc1. The molecule has 6 heteroatoms. The Bertz CT molecular complexity index is 972. The Hall–Kier alpha value is -3.80. The van der Waals surface area contributed by atoms with E-state index in [4.69, 9.17) is 9.47 Å². The summed E-state index contributed by atoms with van der Waals surface area (Å²) in [4.78, 5) is 24.0. The Morgan fingerprint density at radius 2 is 1.47 bits per heavy atom. The lowest BCUT2D eigenvalue weighted by Crippen LogP contribution is -2.43. The molecule has 0 aliphatic carbocycles. The predicted octanol–water partition coefficient (Wildman–Crippen LogP) is 3.52. The van der Waals surface area contributed by atoms with Crippen molar-refractivity contribution in [1.29, 1.82) is 0 Å². The molecule has 0 heterocycles. The van der Waals surface area contributed by atoms with Gasteiger partial charge < -0.3 is 9.47 Å². The van der Waals surface area contributed by atoms with Crippen molar-refractivity contribution in [2.45, 2.75) is 12.8 Å². The van der Waals surface area contributed by atoms with Gasteiger partial charge in [-0.25, -0.2) is 0 Å². The molecule has 0 atom stereocenters. The number of hydrogen-bond acceptors (Lipinski definition) is 4. The molecule has 3 rings (SSSR count). The molecule has 0 radical (unpaired) electrons. The van der Waals surface area contributed by atoms with Gasteiger partial charge in [0.25, 0.3) is 5.91 Å². The number of hydrazine groups is 1. The maximum atomic E-state index is 12.0. The highest BCUT2D eigenvalue weighted by atomic mass is 16.5. The molecule has 0 spiro atoms. The second kappa shape index (κ2) is 10.7. The van der Waals surface area contributed by atoms with Crippen LogP contribution in [0.5, 0.6) is 11.5 Å².